The smallest absolute Gasteiger partial charge is 0.303 e. The molecule has 0 atom stereocenters. The number of rotatable bonds is 7. The topological polar surface area (TPSA) is 118 Å². The van der Waals surface area contributed by atoms with Crippen LogP contribution >= 0.6 is 0 Å². The Morgan fingerprint density at radius 3 is 2.38 bits per heavy atom. The van der Waals surface area contributed by atoms with Crippen molar-refractivity contribution in [3.63, 3.8) is 0 Å². The van der Waals surface area contributed by atoms with Gasteiger partial charge in [0.25, 0.3) is 17.5 Å². The van der Waals surface area contributed by atoms with E-state index in [2.05, 4.69) is 0 Å². The van der Waals surface area contributed by atoms with Crippen LogP contribution in [0.25, 0.3) is 10.8 Å². The molecule has 0 saturated carbocycles. The maximum Gasteiger partial charge on any atom is 0.303 e. The Morgan fingerprint density at radius 1 is 1.04 bits per heavy atom. The third-order valence-corrected chi connectivity index (χ3v) is 4.44. The number of imide groups is 1. The summed E-state index contributed by atoms with van der Waals surface area (Å²) >= 11 is 0. The molecule has 1 aliphatic heterocycles. The second-order valence-corrected chi connectivity index (χ2v) is 6.08. The molecule has 2 amide bonds. The molecule has 1 aliphatic rings. The van der Waals surface area contributed by atoms with E-state index in [0.717, 1.165) is 4.90 Å². The first-order valence-corrected chi connectivity index (χ1v) is 8.20. The van der Waals surface area contributed by atoms with Crippen LogP contribution in [0.15, 0.2) is 30.3 Å². The van der Waals surface area contributed by atoms with Gasteiger partial charge in [-0.05, 0) is 31.0 Å². The van der Waals surface area contributed by atoms with Gasteiger partial charge < -0.3 is 5.11 Å². The summed E-state index contributed by atoms with van der Waals surface area (Å²) in [4.78, 5) is 47.7. The van der Waals surface area contributed by atoms with E-state index in [1.165, 1.54) is 18.2 Å². The molecule has 0 unspecified atom stereocenters. The molecule has 8 heteroatoms. The molecule has 2 aromatic rings. The summed E-state index contributed by atoms with van der Waals surface area (Å²) < 4.78 is 0. The fourth-order valence-electron chi connectivity index (χ4n) is 3.22. The predicted molar refractivity (Wildman–Crippen MR) is 92.1 cm³/mol. The Morgan fingerprint density at radius 2 is 1.73 bits per heavy atom. The molecule has 1 heterocycles. The molecule has 0 spiro atoms. The first-order chi connectivity index (χ1) is 12.4. The minimum Gasteiger partial charge on any atom is -0.481 e. The third kappa shape index (κ3) is 3.01. The number of benzene rings is 2. The molecule has 0 fully saturated rings. The Hall–Kier alpha value is -3.29. The zero-order valence-corrected chi connectivity index (χ0v) is 13.8. The van der Waals surface area contributed by atoms with Crippen LogP contribution in [-0.2, 0) is 4.79 Å². The lowest BCUT2D eigenvalue weighted by Gasteiger charge is -2.27. The second-order valence-electron chi connectivity index (χ2n) is 6.08. The number of amides is 2. The van der Waals surface area contributed by atoms with Crippen molar-refractivity contribution in [3.8, 4) is 0 Å². The highest BCUT2D eigenvalue weighted by molar-refractivity contribution is 6.26. The fourth-order valence-corrected chi connectivity index (χ4v) is 3.22. The van der Waals surface area contributed by atoms with Crippen molar-refractivity contribution in [2.75, 3.05) is 6.54 Å². The number of carboxylic acids is 1. The van der Waals surface area contributed by atoms with Crippen LogP contribution in [0.2, 0.25) is 0 Å². The Balaban J connectivity index is 1.89. The third-order valence-electron chi connectivity index (χ3n) is 4.44. The molecule has 0 aromatic heterocycles. The highest BCUT2D eigenvalue weighted by Gasteiger charge is 2.34. The van der Waals surface area contributed by atoms with Gasteiger partial charge in [0, 0.05) is 35.5 Å². The van der Waals surface area contributed by atoms with Crippen LogP contribution < -0.4 is 0 Å². The van der Waals surface area contributed by atoms with Gasteiger partial charge in [-0.1, -0.05) is 12.5 Å². The number of carboxylic acid groups (broad SMARTS) is 1. The van der Waals surface area contributed by atoms with Crippen molar-refractivity contribution in [3.05, 3.63) is 51.6 Å². The summed E-state index contributed by atoms with van der Waals surface area (Å²) in [6.07, 6.45) is 1.61. The average Bonchev–Trinajstić information content (AvgIpc) is 2.60. The van der Waals surface area contributed by atoms with Gasteiger partial charge in [0.15, 0.2) is 0 Å². The summed E-state index contributed by atoms with van der Waals surface area (Å²) in [5.41, 5.74) is 0.394. The normalized spacial score (nSPS) is 13.3. The molecule has 1 N–H and O–H groups in total. The molecular weight excluding hydrogens is 340 g/mol. The lowest BCUT2D eigenvalue weighted by molar-refractivity contribution is -0.383. The Labute approximate surface area is 148 Å². The number of carbonyl (C=O) groups excluding carboxylic acids is 2. The van der Waals surface area contributed by atoms with E-state index in [4.69, 9.17) is 5.11 Å². The SMILES string of the molecule is O=C(O)CCCCCN1C(=O)c2cccc3c([N+](=O)[O-])ccc(c23)C1=O. The van der Waals surface area contributed by atoms with Crippen LogP contribution in [0.4, 0.5) is 5.69 Å². The van der Waals surface area contributed by atoms with E-state index in [-0.39, 0.29) is 35.2 Å². The zero-order valence-electron chi connectivity index (χ0n) is 13.8. The number of non-ortho nitro benzene ring substituents is 1. The summed E-state index contributed by atoms with van der Waals surface area (Å²) in [5, 5.41) is 20.4. The van der Waals surface area contributed by atoms with E-state index < -0.39 is 22.7 Å². The molecule has 3 rings (SSSR count). The summed E-state index contributed by atoms with van der Waals surface area (Å²) in [5.74, 6) is -1.84. The molecule has 2 aromatic carbocycles. The van der Waals surface area contributed by atoms with Gasteiger partial charge >= 0.3 is 5.97 Å². The van der Waals surface area contributed by atoms with Gasteiger partial charge in [-0.25, -0.2) is 0 Å². The standard InChI is InChI=1S/C18H16N2O6/c21-15(22)7-2-1-3-10-19-17(23)12-6-4-5-11-14(20(25)26)9-8-13(16(11)12)18(19)24/h4-6,8-9H,1-3,7,10H2,(H,21,22). The van der Waals surface area contributed by atoms with Gasteiger partial charge in [0.1, 0.15) is 0 Å². The minimum absolute atomic E-state index is 0.0493. The van der Waals surface area contributed by atoms with E-state index >= 15 is 0 Å². The Bertz CT molecular complexity index is 914. The molecule has 0 bridgehead atoms. The molecule has 26 heavy (non-hydrogen) atoms. The summed E-state index contributed by atoms with van der Waals surface area (Å²) in [6, 6.07) is 7.31. The van der Waals surface area contributed by atoms with Crippen LogP contribution in [-0.4, -0.2) is 39.3 Å². The van der Waals surface area contributed by atoms with Crippen LogP contribution in [0.1, 0.15) is 46.4 Å². The highest BCUT2D eigenvalue weighted by Crippen LogP contribution is 2.35. The van der Waals surface area contributed by atoms with Crippen LogP contribution in [0.5, 0.6) is 0 Å². The maximum atomic E-state index is 12.7. The predicted octanol–water partition coefficient (Wildman–Crippen LogP) is 2.99. The molecule has 8 nitrogen and oxygen atoms in total. The number of nitro groups is 1. The van der Waals surface area contributed by atoms with Gasteiger partial charge in [0.05, 0.1) is 10.3 Å². The van der Waals surface area contributed by atoms with Gasteiger partial charge in [-0.15, -0.1) is 0 Å². The number of unbranched alkanes of at least 4 members (excludes halogenated alkanes) is 2. The Kier molecular flexibility index (Phi) is 4.66. The molecular formula is C18H16N2O6. The largest absolute Gasteiger partial charge is 0.481 e. The van der Waals surface area contributed by atoms with Crippen molar-refractivity contribution >= 4 is 34.2 Å². The number of nitro benzene ring substituents is 1. The number of hydrogen-bond donors (Lipinski definition) is 1. The summed E-state index contributed by atoms with van der Waals surface area (Å²) in [7, 11) is 0. The van der Waals surface area contributed by atoms with Gasteiger partial charge in [-0.3, -0.25) is 29.4 Å². The quantitative estimate of drug-likeness (QED) is 0.353. The number of hydrogen-bond acceptors (Lipinski definition) is 5. The van der Waals surface area contributed by atoms with E-state index in [1.54, 1.807) is 12.1 Å². The van der Waals surface area contributed by atoms with Crippen molar-refractivity contribution in [1.29, 1.82) is 0 Å². The lowest BCUT2D eigenvalue weighted by atomic mass is 9.93. The lowest BCUT2D eigenvalue weighted by Crippen LogP contribution is -2.40. The fraction of sp³-hybridized carbons (Fsp3) is 0.278. The van der Waals surface area contributed by atoms with Crippen LogP contribution in [0.3, 0.4) is 0 Å². The number of nitrogens with zero attached hydrogens (tertiary/aromatic N) is 2. The first-order valence-electron chi connectivity index (χ1n) is 8.20. The number of carbonyl (C=O) groups is 3. The van der Waals surface area contributed by atoms with Crippen molar-refractivity contribution in [2.24, 2.45) is 0 Å². The van der Waals surface area contributed by atoms with Crippen LogP contribution in [0, 0.1) is 10.1 Å². The second kappa shape index (κ2) is 6.91. The molecule has 0 radical (unpaired) electrons. The monoisotopic (exact) mass is 356 g/mol. The van der Waals surface area contributed by atoms with E-state index in [1.807, 2.05) is 0 Å². The highest BCUT2D eigenvalue weighted by atomic mass is 16.6. The summed E-state index contributed by atoms with van der Waals surface area (Å²) in [6.45, 7) is 0.185. The molecule has 0 aliphatic carbocycles. The van der Waals surface area contributed by atoms with Crippen molar-refractivity contribution in [2.45, 2.75) is 25.7 Å². The van der Waals surface area contributed by atoms with E-state index in [0.29, 0.717) is 24.6 Å². The molecule has 134 valence electrons. The molecule has 0 saturated heterocycles. The first kappa shape index (κ1) is 17.5. The minimum atomic E-state index is -0.877. The zero-order chi connectivity index (χ0) is 18.8. The van der Waals surface area contributed by atoms with Gasteiger partial charge in [-0.2, -0.15) is 0 Å². The van der Waals surface area contributed by atoms with E-state index in [9.17, 15) is 24.5 Å². The number of aliphatic carboxylic acids is 1. The maximum absolute atomic E-state index is 12.7. The van der Waals surface area contributed by atoms with Gasteiger partial charge in [0.2, 0.25) is 0 Å². The van der Waals surface area contributed by atoms with Crippen molar-refractivity contribution < 1.29 is 24.4 Å². The average molecular weight is 356 g/mol. The van der Waals surface area contributed by atoms with Crippen molar-refractivity contribution in [1.82, 2.24) is 4.90 Å².